The molecule has 0 aliphatic rings. The minimum Gasteiger partial charge on any atom is -0.478 e. The van der Waals surface area contributed by atoms with Gasteiger partial charge in [0, 0.05) is 17.1 Å². The number of aromatic nitrogens is 3. The first-order chi connectivity index (χ1) is 8.27. The van der Waals surface area contributed by atoms with Crippen LogP contribution in [0.15, 0.2) is 36.7 Å². The molecule has 0 amide bonds. The van der Waals surface area contributed by atoms with Gasteiger partial charge in [-0.05, 0) is 6.07 Å². The summed E-state index contributed by atoms with van der Waals surface area (Å²) >= 11 is 0. The van der Waals surface area contributed by atoms with Crippen molar-refractivity contribution in [1.82, 2.24) is 15.2 Å². The van der Waals surface area contributed by atoms with Crippen LogP contribution in [-0.4, -0.2) is 26.3 Å². The van der Waals surface area contributed by atoms with Gasteiger partial charge in [0.05, 0.1) is 17.4 Å². The molecule has 3 N–H and O–H groups in total. The summed E-state index contributed by atoms with van der Waals surface area (Å²) in [7, 11) is 0. The number of aromatic amines is 2. The number of carboxylic acids is 1. The fourth-order valence-corrected chi connectivity index (χ4v) is 1.95. The van der Waals surface area contributed by atoms with Crippen molar-refractivity contribution in [2.45, 2.75) is 0 Å². The average Bonchev–Trinajstić information content (AvgIpc) is 2.97. The lowest BCUT2D eigenvalue weighted by Crippen LogP contribution is -1.97. The van der Waals surface area contributed by atoms with E-state index in [1.165, 1.54) is 6.20 Å². The Labute approximate surface area is 96.1 Å². The van der Waals surface area contributed by atoms with Crippen LogP contribution in [0.2, 0.25) is 0 Å². The van der Waals surface area contributed by atoms with Crippen molar-refractivity contribution in [2.75, 3.05) is 0 Å². The maximum Gasteiger partial charge on any atom is 0.339 e. The molecule has 0 radical (unpaired) electrons. The van der Waals surface area contributed by atoms with E-state index in [1.807, 2.05) is 30.5 Å². The number of rotatable bonds is 2. The molecular weight excluding hydrogens is 218 g/mol. The summed E-state index contributed by atoms with van der Waals surface area (Å²) < 4.78 is 0. The van der Waals surface area contributed by atoms with Crippen molar-refractivity contribution < 1.29 is 9.90 Å². The summed E-state index contributed by atoms with van der Waals surface area (Å²) in [5, 5.41) is 16.6. The predicted molar refractivity (Wildman–Crippen MR) is 62.8 cm³/mol. The van der Waals surface area contributed by atoms with Crippen LogP contribution in [0.3, 0.4) is 0 Å². The van der Waals surface area contributed by atoms with Crippen LogP contribution in [0.1, 0.15) is 10.4 Å². The Bertz CT molecular complexity index is 696. The first-order valence-corrected chi connectivity index (χ1v) is 5.10. The van der Waals surface area contributed by atoms with Crippen LogP contribution in [0.4, 0.5) is 0 Å². The van der Waals surface area contributed by atoms with Crippen molar-refractivity contribution in [2.24, 2.45) is 0 Å². The molecule has 3 rings (SSSR count). The molecule has 84 valence electrons. The average molecular weight is 227 g/mol. The van der Waals surface area contributed by atoms with Gasteiger partial charge < -0.3 is 10.1 Å². The molecule has 0 fully saturated rings. The fourth-order valence-electron chi connectivity index (χ4n) is 1.95. The minimum absolute atomic E-state index is 0.173. The number of nitrogens with one attached hydrogen (secondary N) is 2. The van der Waals surface area contributed by atoms with Crippen LogP contribution >= 0.6 is 0 Å². The Hall–Kier alpha value is -2.56. The molecule has 3 aromatic rings. The van der Waals surface area contributed by atoms with Gasteiger partial charge in [0.1, 0.15) is 5.56 Å². The summed E-state index contributed by atoms with van der Waals surface area (Å²) in [6, 6.07) is 7.65. The SMILES string of the molecule is O=C(O)c1cn[nH]c1-c1cccc2cc[nH]c12. The first-order valence-electron chi connectivity index (χ1n) is 5.10. The molecule has 2 aromatic heterocycles. The van der Waals surface area contributed by atoms with Gasteiger partial charge in [-0.1, -0.05) is 18.2 Å². The standard InChI is InChI=1S/C12H9N3O2/c16-12(17)9-6-14-15-11(9)8-3-1-2-7-4-5-13-10(7)8/h1-6,13H,(H,14,15)(H,16,17). The Balaban J connectivity index is 2.30. The third-order valence-corrected chi connectivity index (χ3v) is 2.73. The highest BCUT2D eigenvalue weighted by Gasteiger charge is 2.16. The zero-order chi connectivity index (χ0) is 11.8. The van der Waals surface area contributed by atoms with Gasteiger partial charge in [0.15, 0.2) is 0 Å². The number of para-hydroxylation sites is 1. The maximum absolute atomic E-state index is 11.1. The molecule has 0 aliphatic carbocycles. The highest BCUT2D eigenvalue weighted by molar-refractivity contribution is 6.00. The second kappa shape index (κ2) is 3.48. The number of nitrogens with zero attached hydrogens (tertiary/aromatic N) is 1. The molecule has 0 aliphatic heterocycles. The van der Waals surface area contributed by atoms with Crippen LogP contribution in [0.25, 0.3) is 22.2 Å². The predicted octanol–water partition coefficient (Wildman–Crippen LogP) is 2.26. The molecular formula is C12H9N3O2. The summed E-state index contributed by atoms with van der Waals surface area (Å²) in [4.78, 5) is 14.2. The Kier molecular flexibility index (Phi) is 1.98. The van der Waals surface area contributed by atoms with E-state index in [0.29, 0.717) is 5.69 Å². The smallest absolute Gasteiger partial charge is 0.339 e. The quantitative estimate of drug-likeness (QED) is 0.628. The molecule has 0 atom stereocenters. The lowest BCUT2D eigenvalue weighted by atomic mass is 10.1. The van der Waals surface area contributed by atoms with E-state index in [4.69, 9.17) is 5.11 Å². The molecule has 2 heterocycles. The normalized spacial score (nSPS) is 10.8. The molecule has 17 heavy (non-hydrogen) atoms. The van der Waals surface area contributed by atoms with Gasteiger partial charge in [0.25, 0.3) is 0 Å². The number of carbonyl (C=O) groups is 1. The van der Waals surface area contributed by atoms with Gasteiger partial charge in [-0.2, -0.15) is 5.10 Å². The fraction of sp³-hybridized carbons (Fsp3) is 0. The number of aromatic carboxylic acids is 1. The Morgan fingerprint density at radius 2 is 2.18 bits per heavy atom. The second-order valence-electron chi connectivity index (χ2n) is 3.71. The number of benzene rings is 1. The molecule has 5 heteroatoms. The summed E-state index contributed by atoms with van der Waals surface area (Å²) in [5.74, 6) is -0.989. The van der Waals surface area contributed by atoms with Crippen molar-refractivity contribution in [1.29, 1.82) is 0 Å². The summed E-state index contributed by atoms with van der Waals surface area (Å²) in [6.07, 6.45) is 3.14. The summed E-state index contributed by atoms with van der Waals surface area (Å²) in [5.41, 5.74) is 2.40. The first kappa shape index (κ1) is 9.65. The van der Waals surface area contributed by atoms with E-state index in [2.05, 4.69) is 15.2 Å². The van der Waals surface area contributed by atoms with Gasteiger partial charge in [-0.25, -0.2) is 4.79 Å². The molecule has 0 unspecified atom stereocenters. The topological polar surface area (TPSA) is 81.8 Å². The zero-order valence-corrected chi connectivity index (χ0v) is 8.77. The number of hydrogen-bond acceptors (Lipinski definition) is 2. The Morgan fingerprint density at radius 1 is 1.29 bits per heavy atom. The van der Waals surface area contributed by atoms with Crippen LogP contribution < -0.4 is 0 Å². The van der Waals surface area contributed by atoms with Gasteiger partial charge in [0.2, 0.25) is 0 Å². The molecule has 0 spiro atoms. The Morgan fingerprint density at radius 3 is 3.00 bits per heavy atom. The molecule has 0 bridgehead atoms. The number of hydrogen-bond donors (Lipinski definition) is 3. The molecule has 0 saturated carbocycles. The summed E-state index contributed by atoms with van der Waals surface area (Å²) in [6.45, 7) is 0. The molecule has 1 aromatic carbocycles. The lowest BCUT2D eigenvalue weighted by Gasteiger charge is -2.02. The third kappa shape index (κ3) is 1.40. The number of carboxylic acid groups (broad SMARTS) is 1. The van der Waals surface area contributed by atoms with E-state index in [0.717, 1.165) is 16.5 Å². The van der Waals surface area contributed by atoms with Gasteiger partial charge in [-0.3, -0.25) is 5.10 Å². The molecule has 0 saturated heterocycles. The highest BCUT2D eigenvalue weighted by Crippen LogP contribution is 2.28. The maximum atomic E-state index is 11.1. The monoisotopic (exact) mass is 227 g/mol. The van der Waals surface area contributed by atoms with Crippen LogP contribution in [-0.2, 0) is 0 Å². The van der Waals surface area contributed by atoms with Crippen LogP contribution in [0.5, 0.6) is 0 Å². The van der Waals surface area contributed by atoms with E-state index in [-0.39, 0.29) is 5.56 Å². The number of H-pyrrole nitrogens is 2. The zero-order valence-electron chi connectivity index (χ0n) is 8.77. The van der Waals surface area contributed by atoms with Crippen molar-refractivity contribution in [3.63, 3.8) is 0 Å². The third-order valence-electron chi connectivity index (χ3n) is 2.73. The minimum atomic E-state index is -0.989. The lowest BCUT2D eigenvalue weighted by molar-refractivity contribution is 0.0698. The van der Waals surface area contributed by atoms with Gasteiger partial charge in [-0.15, -0.1) is 0 Å². The molecule has 5 nitrogen and oxygen atoms in total. The second-order valence-corrected chi connectivity index (χ2v) is 3.71. The highest BCUT2D eigenvalue weighted by atomic mass is 16.4. The number of fused-ring (bicyclic) bond motifs is 1. The van der Waals surface area contributed by atoms with Crippen molar-refractivity contribution >= 4 is 16.9 Å². The van der Waals surface area contributed by atoms with E-state index in [1.54, 1.807) is 0 Å². The van der Waals surface area contributed by atoms with Crippen molar-refractivity contribution in [3.8, 4) is 11.3 Å². The van der Waals surface area contributed by atoms with Crippen molar-refractivity contribution in [3.05, 3.63) is 42.2 Å². The van der Waals surface area contributed by atoms with E-state index in [9.17, 15) is 4.79 Å². The van der Waals surface area contributed by atoms with Crippen LogP contribution in [0, 0.1) is 0 Å². The van der Waals surface area contributed by atoms with E-state index >= 15 is 0 Å². The van der Waals surface area contributed by atoms with E-state index < -0.39 is 5.97 Å². The largest absolute Gasteiger partial charge is 0.478 e. The van der Waals surface area contributed by atoms with Gasteiger partial charge >= 0.3 is 5.97 Å².